The van der Waals surface area contributed by atoms with Crippen molar-refractivity contribution in [2.24, 2.45) is 0 Å². The average Bonchev–Trinajstić information content (AvgIpc) is 2.58. The van der Waals surface area contributed by atoms with E-state index in [1.165, 1.54) is 0 Å². The van der Waals surface area contributed by atoms with E-state index in [-0.39, 0.29) is 23.2 Å². The summed E-state index contributed by atoms with van der Waals surface area (Å²) in [5, 5.41) is 17.9. The van der Waals surface area contributed by atoms with Crippen LogP contribution in [-0.2, 0) is 11.2 Å². The fourth-order valence-corrected chi connectivity index (χ4v) is 2.86. The van der Waals surface area contributed by atoms with E-state index < -0.39 is 0 Å². The molecule has 0 aliphatic rings. The van der Waals surface area contributed by atoms with Crippen molar-refractivity contribution < 1.29 is 9.90 Å². The van der Waals surface area contributed by atoms with Crippen molar-refractivity contribution in [1.29, 1.82) is 0 Å². The lowest BCUT2D eigenvalue weighted by Crippen LogP contribution is -2.35. The van der Waals surface area contributed by atoms with Gasteiger partial charge in [0.05, 0.1) is 6.42 Å². The van der Waals surface area contributed by atoms with Gasteiger partial charge in [-0.25, -0.2) is 0 Å². The summed E-state index contributed by atoms with van der Waals surface area (Å²) in [5.41, 5.74) is 1.56. The Balaban J connectivity index is 1.67. The standard InChI is InChI=1S/C19H15ClN2O2S/c20-13-9-7-12(8-10-13)11-18(24)22-19(25)21-16-5-1-4-15-14(16)3-2-6-17(15)23/h1-10,23H,11H2,(H2,21,22,24,25). The van der Waals surface area contributed by atoms with Crippen LogP contribution in [0.2, 0.25) is 5.02 Å². The highest BCUT2D eigenvalue weighted by Crippen LogP contribution is 2.29. The van der Waals surface area contributed by atoms with E-state index in [2.05, 4.69) is 10.6 Å². The summed E-state index contributed by atoms with van der Waals surface area (Å²) in [7, 11) is 0. The van der Waals surface area contributed by atoms with Crippen molar-refractivity contribution in [3.05, 3.63) is 71.2 Å². The van der Waals surface area contributed by atoms with Gasteiger partial charge in [0.2, 0.25) is 5.91 Å². The summed E-state index contributed by atoms with van der Waals surface area (Å²) in [5.74, 6) is -0.0262. The molecule has 0 atom stereocenters. The Morgan fingerprint density at radius 1 is 1.00 bits per heavy atom. The van der Waals surface area contributed by atoms with Gasteiger partial charge in [-0.05, 0) is 42.0 Å². The van der Waals surface area contributed by atoms with Crippen LogP contribution in [0.25, 0.3) is 10.8 Å². The van der Waals surface area contributed by atoms with Gasteiger partial charge >= 0.3 is 0 Å². The number of nitrogens with one attached hydrogen (secondary N) is 2. The van der Waals surface area contributed by atoms with Crippen LogP contribution < -0.4 is 10.6 Å². The Morgan fingerprint density at radius 2 is 1.68 bits per heavy atom. The second-order valence-electron chi connectivity index (χ2n) is 5.48. The third kappa shape index (κ3) is 4.26. The Bertz CT molecular complexity index is 942. The molecular weight excluding hydrogens is 356 g/mol. The molecule has 0 aliphatic heterocycles. The first-order valence-corrected chi connectivity index (χ1v) is 8.37. The number of carbonyl (C=O) groups is 1. The molecule has 1 amide bonds. The van der Waals surface area contributed by atoms with Gasteiger partial charge in [0.25, 0.3) is 0 Å². The quantitative estimate of drug-likeness (QED) is 0.603. The molecule has 25 heavy (non-hydrogen) atoms. The molecule has 3 aromatic carbocycles. The van der Waals surface area contributed by atoms with Crippen LogP contribution in [-0.4, -0.2) is 16.1 Å². The highest BCUT2D eigenvalue weighted by molar-refractivity contribution is 7.80. The van der Waals surface area contributed by atoms with Crippen LogP contribution in [0.15, 0.2) is 60.7 Å². The molecule has 3 N–H and O–H groups in total. The number of rotatable bonds is 3. The molecule has 126 valence electrons. The molecule has 4 nitrogen and oxygen atoms in total. The topological polar surface area (TPSA) is 61.4 Å². The predicted octanol–water partition coefficient (Wildman–Crippen LogP) is 4.25. The van der Waals surface area contributed by atoms with Gasteiger partial charge in [-0.2, -0.15) is 0 Å². The van der Waals surface area contributed by atoms with Gasteiger partial charge in [-0.3, -0.25) is 4.79 Å². The Labute approximate surface area is 155 Å². The number of amides is 1. The molecule has 3 aromatic rings. The minimum atomic E-state index is -0.220. The van der Waals surface area contributed by atoms with Gasteiger partial charge in [-0.1, -0.05) is 48.0 Å². The predicted molar refractivity (Wildman–Crippen MR) is 105 cm³/mol. The van der Waals surface area contributed by atoms with Crippen molar-refractivity contribution >= 4 is 51.3 Å². The Morgan fingerprint density at radius 3 is 2.44 bits per heavy atom. The summed E-state index contributed by atoms with van der Waals surface area (Å²) in [6, 6.07) is 17.8. The Hall–Kier alpha value is -2.63. The number of hydrogen-bond donors (Lipinski definition) is 3. The molecule has 0 saturated heterocycles. The molecule has 6 heteroatoms. The first kappa shape index (κ1) is 17.2. The maximum atomic E-state index is 12.1. The van der Waals surface area contributed by atoms with Crippen LogP contribution in [0.1, 0.15) is 5.56 Å². The van der Waals surface area contributed by atoms with Crippen LogP contribution in [0.3, 0.4) is 0 Å². The maximum Gasteiger partial charge on any atom is 0.230 e. The molecule has 0 unspecified atom stereocenters. The lowest BCUT2D eigenvalue weighted by molar-refractivity contribution is -0.119. The van der Waals surface area contributed by atoms with Crippen molar-refractivity contribution in [3.63, 3.8) is 0 Å². The second-order valence-corrected chi connectivity index (χ2v) is 6.33. The van der Waals surface area contributed by atoms with Crippen LogP contribution >= 0.6 is 23.8 Å². The molecule has 0 bridgehead atoms. The van der Waals surface area contributed by atoms with E-state index in [0.29, 0.717) is 16.1 Å². The van der Waals surface area contributed by atoms with Gasteiger partial charge < -0.3 is 15.7 Å². The third-order valence-electron chi connectivity index (χ3n) is 3.68. The average molecular weight is 371 g/mol. The highest BCUT2D eigenvalue weighted by Gasteiger charge is 2.09. The minimum Gasteiger partial charge on any atom is -0.507 e. The van der Waals surface area contributed by atoms with Gasteiger partial charge in [-0.15, -0.1) is 0 Å². The molecule has 0 spiro atoms. The summed E-state index contributed by atoms with van der Waals surface area (Å²) in [6.45, 7) is 0. The fraction of sp³-hybridized carbons (Fsp3) is 0.0526. The largest absolute Gasteiger partial charge is 0.507 e. The minimum absolute atomic E-state index is 0.193. The van der Waals surface area contributed by atoms with Crippen molar-refractivity contribution in [2.75, 3.05) is 5.32 Å². The first-order valence-electron chi connectivity index (χ1n) is 7.59. The van der Waals surface area contributed by atoms with Crippen molar-refractivity contribution in [3.8, 4) is 5.75 Å². The third-order valence-corrected chi connectivity index (χ3v) is 4.13. The van der Waals surface area contributed by atoms with Crippen LogP contribution in [0.5, 0.6) is 5.75 Å². The number of phenolic OH excluding ortho intramolecular Hbond substituents is 1. The smallest absolute Gasteiger partial charge is 0.230 e. The van der Waals surface area contributed by atoms with Crippen molar-refractivity contribution in [2.45, 2.75) is 6.42 Å². The number of aromatic hydroxyl groups is 1. The van der Waals surface area contributed by atoms with Crippen LogP contribution in [0.4, 0.5) is 5.69 Å². The van der Waals surface area contributed by atoms with Gasteiger partial charge in [0, 0.05) is 21.5 Å². The Kier molecular flexibility index (Phi) is 5.16. The summed E-state index contributed by atoms with van der Waals surface area (Å²) in [4.78, 5) is 12.1. The van der Waals surface area contributed by atoms with E-state index in [1.807, 2.05) is 24.3 Å². The highest BCUT2D eigenvalue weighted by atomic mass is 35.5. The number of benzene rings is 3. The molecular formula is C19H15ClN2O2S. The lowest BCUT2D eigenvalue weighted by atomic mass is 10.1. The molecule has 0 aromatic heterocycles. The molecule has 0 heterocycles. The number of carbonyl (C=O) groups excluding carboxylic acids is 1. The normalized spacial score (nSPS) is 10.4. The fourth-order valence-electron chi connectivity index (χ4n) is 2.51. The van der Waals surface area contributed by atoms with E-state index in [4.69, 9.17) is 23.8 Å². The molecule has 0 aliphatic carbocycles. The molecule has 0 fully saturated rings. The van der Waals surface area contributed by atoms with E-state index >= 15 is 0 Å². The first-order chi connectivity index (χ1) is 12.0. The van der Waals surface area contributed by atoms with Gasteiger partial charge in [0.1, 0.15) is 5.75 Å². The lowest BCUT2D eigenvalue weighted by Gasteiger charge is -2.12. The summed E-state index contributed by atoms with van der Waals surface area (Å²) < 4.78 is 0. The zero-order chi connectivity index (χ0) is 17.8. The molecule has 0 saturated carbocycles. The van der Waals surface area contributed by atoms with E-state index in [9.17, 15) is 9.90 Å². The zero-order valence-corrected chi connectivity index (χ0v) is 14.7. The molecule has 3 rings (SSSR count). The van der Waals surface area contributed by atoms with E-state index in [0.717, 1.165) is 10.9 Å². The number of phenols is 1. The van der Waals surface area contributed by atoms with Crippen LogP contribution in [0, 0.1) is 0 Å². The summed E-state index contributed by atoms with van der Waals surface area (Å²) >= 11 is 11.1. The number of fused-ring (bicyclic) bond motifs is 1. The number of anilines is 1. The van der Waals surface area contributed by atoms with Crippen molar-refractivity contribution in [1.82, 2.24) is 5.32 Å². The van der Waals surface area contributed by atoms with E-state index in [1.54, 1.807) is 36.4 Å². The molecule has 0 radical (unpaired) electrons. The number of hydrogen-bond acceptors (Lipinski definition) is 3. The maximum absolute atomic E-state index is 12.1. The zero-order valence-electron chi connectivity index (χ0n) is 13.1. The number of thiocarbonyl (C=S) groups is 1. The number of halogens is 1. The second kappa shape index (κ2) is 7.51. The van der Waals surface area contributed by atoms with Gasteiger partial charge in [0.15, 0.2) is 5.11 Å². The monoisotopic (exact) mass is 370 g/mol. The summed E-state index contributed by atoms with van der Waals surface area (Å²) in [6.07, 6.45) is 0.204. The SMILES string of the molecule is O=C(Cc1ccc(Cl)cc1)NC(=S)Nc1cccc2c(O)cccc12.